The Labute approximate surface area is 175 Å². The lowest BCUT2D eigenvalue weighted by Gasteiger charge is -2.38. The lowest BCUT2D eigenvalue weighted by Crippen LogP contribution is -2.47. The van der Waals surface area contributed by atoms with E-state index >= 15 is 0 Å². The van der Waals surface area contributed by atoms with Crippen LogP contribution in [-0.4, -0.2) is 62.5 Å². The monoisotopic (exact) mass is 403 g/mol. The maximum atomic E-state index is 9.85. The van der Waals surface area contributed by atoms with Gasteiger partial charge in [-0.3, -0.25) is 4.99 Å². The molecule has 1 aliphatic carbocycles. The van der Waals surface area contributed by atoms with E-state index in [4.69, 9.17) is 14.5 Å². The Balaban J connectivity index is 1.86. The molecule has 2 fully saturated rings. The topological polar surface area (TPSA) is 66.3 Å². The van der Waals surface area contributed by atoms with Crippen LogP contribution in [0.4, 0.5) is 0 Å². The van der Waals surface area contributed by atoms with E-state index in [2.05, 4.69) is 29.3 Å². The number of aliphatic hydroxyl groups is 1. The van der Waals surface area contributed by atoms with Crippen molar-refractivity contribution in [3.05, 3.63) is 23.8 Å². The molecule has 1 aromatic carbocycles. The van der Waals surface area contributed by atoms with Crippen LogP contribution in [0.15, 0.2) is 23.2 Å². The Morgan fingerprint density at radius 3 is 2.45 bits per heavy atom. The quantitative estimate of drug-likeness (QED) is 0.563. The largest absolute Gasteiger partial charge is 0.493 e. The third kappa shape index (κ3) is 5.16. The number of nitrogens with zero attached hydrogens (tertiary/aromatic N) is 2. The number of hydrogen-bond acceptors (Lipinski definition) is 4. The minimum absolute atomic E-state index is 0.0355. The number of nitrogens with one attached hydrogen (secondary N) is 1. The number of hydrogen-bond donors (Lipinski definition) is 2. The van der Waals surface area contributed by atoms with Gasteiger partial charge in [-0.2, -0.15) is 0 Å². The fourth-order valence-corrected chi connectivity index (χ4v) is 4.66. The molecular formula is C23H37N3O3. The Hall–Kier alpha value is -1.95. The molecule has 3 rings (SSSR count). The van der Waals surface area contributed by atoms with Gasteiger partial charge in [0.05, 0.1) is 26.9 Å². The zero-order chi connectivity index (χ0) is 20.7. The fraction of sp³-hybridized carbons (Fsp3) is 0.696. The van der Waals surface area contributed by atoms with Gasteiger partial charge in [0, 0.05) is 25.0 Å². The summed E-state index contributed by atoms with van der Waals surface area (Å²) < 4.78 is 11.0. The van der Waals surface area contributed by atoms with Gasteiger partial charge in [0.1, 0.15) is 0 Å². The summed E-state index contributed by atoms with van der Waals surface area (Å²) in [5.41, 5.74) is 1.33. The summed E-state index contributed by atoms with van der Waals surface area (Å²) in [6.45, 7) is 5.44. The Kier molecular flexibility index (Phi) is 7.64. The van der Waals surface area contributed by atoms with Crippen molar-refractivity contribution in [2.24, 2.45) is 4.99 Å². The number of likely N-dealkylation sites (tertiary alicyclic amines) is 1. The molecule has 6 heteroatoms. The second-order valence-corrected chi connectivity index (χ2v) is 8.30. The van der Waals surface area contributed by atoms with Crippen molar-refractivity contribution in [1.29, 1.82) is 0 Å². The second kappa shape index (κ2) is 10.2. The maximum absolute atomic E-state index is 9.85. The van der Waals surface area contributed by atoms with Crippen molar-refractivity contribution in [3.63, 3.8) is 0 Å². The summed E-state index contributed by atoms with van der Waals surface area (Å²) in [7, 11) is 3.37. The van der Waals surface area contributed by atoms with Crippen LogP contribution in [0.5, 0.6) is 11.5 Å². The molecule has 0 aromatic heterocycles. The summed E-state index contributed by atoms with van der Waals surface area (Å²) >= 11 is 0. The Morgan fingerprint density at radius 2 is 1.83 bits per heavy atom. The highest BCUT2D eigenvalue weighted by Crippen LogP contribution is 2.42. The molecule has 29 heavy (non-hydrogen) atoms. The van der Waals surface area contributed by atoms with Crippen molar-refractivity contribution in [2.45, 2.75) is 63.4 Å². The molecule has 0 bridgehead atoms. The van der Waals surface area contributed by atoms with Crippen LogP contribution in [0.1, 0.15) is 57.4 Å². The molecule has 0 atom stereocenters. The summed E-state index contributed by atoms with van der Waals surface area (Å²) in [4.78, 5) is 7.40. The minimum Gasteiger partial charge on any atom is -0.493 e. The first-order valence-electron chi connectivity index (χ1n) is 11.1. The number of aliphatic imine (C=N–C) groups is 1. The molecule has 1 aliphatic heterocycles. The van der Waals surface area contributed by atoms with Crippen LogP contribution in [0.25, 0.3) is 0 Å². The van der Waals surface area contributed by atoms with Gasteiger partial charge >= 0.3 is 0 Å². The van der Waals surface area contributed by atoms with Crippen LogP contribution in [0.2, 0.25) is 0 Å². The molecule has 2 N–H and O–H groups in total. The van der Waals surface area contributed by atoms with E-state index in [-0.39, 0.29) is 11.5 Å². The van der Waals surface area contributed by atoms with Crippen LogP contribution in [-0.2, 0) is 5.41 Å². The lowest BCUT2D eigenvalue weighted by molar-refractivity contribution is 0.108. The zero-order valence-electron chi connectivity index (χ0n) is 18.2. The molecule has 1 saturated carbocycles. The van der Waals surface area contributed by atoms with Gasteiger partial charge in [0.15, 0.2) is 17.5 Å². The van der Waals surface area contributed by atoms with Gasteiger partial charge in [-0.1, -0.05) is 25.3 Å². The smallest absolute Gasteiger partial charge is 0.193 e. The summed E-state index contributed by atoms with van der Waals surface area (Å²) in [6, 6.07) is 6.35. The highest BCUT2D eigenvalue weighted by molar-refractivity contribution is 5.80. The van der Waals surface area contributed by atoms with Crippen LogP contribution in [0, 0.1) is 0 Å². The molecule has 0 spiro atoms. The molecular weight excluding hydrogens is 366 g/mol. The summed E-state index contributed by atoms with van der Waals surface area (Å²) in [6.07, 6.45) is 7.49. The van der Waals surface area contributed by atoms with E-state index in [0.717, 1.165) is 69.3 Å². The van der Waals surface area contributed by atoms with Crippen molar-refractivity contribution in [1.82, 2.24) is 10.2 Å². The summed E-state index contributed by atoms with van der Waals surface area (Å²) in [5.74, 6) is 2.53. The van der Waals surface area contributed by atoms with E-state index in [0.29, 0.717) is 0 Å². The maximum Gasteiger partial charge on any atom is 0.193 e. The molecule has 1 saturated heterocycles. The second-order valence-electron chi connectivity index (χ2n) is 8.30. The average Bonchev–Trinajstić information content (AvgIpc) is 2.77. The SMILES string of the molecule is CCNC(=NCC1(c2ccc(OC)c(OC)c2)CCCCC1)N1CCC(O)CC1. The highest BCUT2D eigenvalue weighted by Gasteiger charge is 2.35. The lowest BCUT2D eigenvalue weighted by atomic mass is 9.69. The molecule has 2 aliphatic rings. The van der Waals surface area contributed by atoms with Crippen LogP contribution >= 0.6 is 0 Å². The Morgan fingerprint density at radius 1 is 1.14 bits per heavy atom. The van der Waals surface area contributed by atoms with Gasteiger partial charge in [-0.15, -0.1) is 0 Å². The molecule has 0 unspecified atom stereocenters. The molecule has 0 amide bonds. The van der Waals surface area contributed by atoms with Crippen LogP contribution in [0.3, 0.4) is 0 Å². The van der Waals surface area contributed by atoms with Gasteiger partial charge in [0.25, 0.3) is 0 Å². The number of aliphatic hydroxyl groups excluding tert-OH is 1. The predicted molar refractivity (Wildman–Crippen MR) is 117 cm³/mol. The van der Waals surface area contributed by atoms with E-state index in [1.54, 1.807) is 14.2 Å². The third-order valence-electron chi connectivity index (χ3n) is 6.44. The molecule has 6 nitrogen and oxygen atoms in total. The van der Waals surface area contributed by atoms with E-state index in [9.17, 15) is 5.11 Å². The van der Waals surface area contributed by atoms with Crippen molar-refractivity contribution < 1.29 is 14.6 Å². The van der Waals surface area contributed by atoms with Gasteiger partial charge in [-0.25, -0.2) is 0 Å². The minimum atomic E-state index is -0.175. The standard InChI is InChI=1S/C23H37N3O3/c1-4-24-22(26-14-10-19(27)11-15-26)25-17-23(12-6-5-7-13-23)18-8-9-20(28-2)21(16-18)29-3/h8-9,16,19,27H,4-7,10-15,17H2,1-3H3,(H,24,25). The van der Waals surface area contributed by atoms with E-state index in [1.165, 1.54) is 24.8 Å². The fourth-order valence-electron chi connectivity index (χ4n) is 4.66. The number of rotatable bonds is 6. The van der Waals surface area contributed by atoms with E-state index in [1.807, 2.05) is 6.07 Å². The first kappa shape index (κ1) is 21.8. The predicted octanol–water partition coefficient (Wildman–Crippen LogP) is 3.33. The third-order valence-corrected chi connectivity index (χ3v) is 6.44. The first-order chi connectivity index (χ1) is 14.1. The molecule has 0 radical (unpaired) electrons. The zero-order valence-corrected chi connectivity index (χ0v) is 18.2. The number of guanidine groups is 1. The van der Waals surface area contributed by atoms with E-state index < -0.39 is 0 Å². The number of methoxy groups -OCH3 is 2. The van der Waals surface area contributed by atoms with Gasteiger partial charge in [-0.05, 0) is 50.3 Å². The summed E-state index contributed by atoms with van der Waals surface area (Å²) in [5, 5.41) is 13.3. The highest BCUT2D eigenvalue weighted by atomic mass is 16.5. The first-order valence-corrected chi connectivity index (χ1v) is 11.1. The number of benzene rings is 1. The van der Waals surface area contributed by atoms with Crippen molar-refractivity contribution in [2.75, 3.05) is 40.4 Å². The number of piperidine rings is 1. The van der Waals surface area contributed by atoms with Crippen LogP contribution < -0.4 is 14.8 Å². The Bertz CT molecular complexity index is 678. The normalized spacial score (nSPS) is 20.4. The average molecular weight is 404 g/mol. The molecule has 162 valence electrons. The number of ether oxygens (including phenoxy) is 2. The molecule has 1 aromatic rings. The molecule has 1 heterocycles. The van der Waals surface area contributed by atoms with Gasteiger partial charge in [0.2, 0.25) is 0 Å². The van der Waals surface area contributed by atoms with Crippen molar-refractivity contribution in [3.8, 4) is 11.5 Å². The van der Waals surface area contributed by atoms with Gasteiger partial charge < -0.3 is 24.8 Å². The van der Waals surface area contributed by atoms with Crippen molar-refractivity contribution >= 4 is 5.96 Å².